The zero-order chi connectivity index (χ0) is 18.8. The highest BCUT2D eigenvalue weighted by Crippen LogP contribution is 2.29. The van der Waals surface area contributed by atoms with Crippen molar-refractivity contribution in [3.8, 4) is 5.75 Å². The quantitative estimate of drug-likeness (QED) is 0.659. The number of amides is 1. The number of hydrogen-bond donors (Lipinski definition) is 1. The standard InChI is InChI=1S/C21H24N2O2S/c1-12(2)17-7-6-16(10-14(17)4)25-11-19(24)22-21-23-20-15(5)8-13(3)9-18(20)26-21/h6-10,12H,11H2,1-5H3,(H,22,23,24). The molecule has 0 fully saturated rings. The Balaban J connectivity index is 1.64. The number of aryl methyl sites for hydroxylation is 3. The van der Waals surface area contributed by atoms with Gasteiger partial charge >= 0.3 is 0 Å². The van der Waals surface area contributed by atoms with Gasteiger partial charge in [0.05, 0.1) is 10.2 Å². The van der Waals surface area contributed by atoms with Crippen LogP contribution in [0.3, 0.4) is 0 Å². The first kappa shape index (κ1) is 18.4. The van der Waals surface area contributed by atoms with Gasteiger partial charge in [0, 0.05) is 0 Å². The highest BCUT2D eigenvalue weighted by molar-refractivity contribution is 7.22. The number of benzene rings is 2. The average molecular weight is 369 g/mol. The molecule has 3 aromatic rings. The Kier molecular flexibility index (Phi) is 5.28. The van der Waals surface area contributed by atoms with Crippen molar-refractivity contribution in [1.29, 1.82) is 0 Å². The molecule has 0 bridgehead atoms. The zero-order valence-electron chi connectivity index (χ0n) is 15.8. The molecule has 0 aliphatic carbocycles. The molecule has 5 heteroatoms. The van der Waals surface area contributed by atoms with Gasteiger partial charge in [-0.25, -0.2) is 4.98 Å². The molecule has 0 spiro atoms. The largest absolute Gasteiger partial charge is 0.484 e. The fourth-order valence-electron chi connectivity index (χ4n) is 3.11. The van der Waals surface area contributed by atoms with Crippen molar-refractivity contribution in [3.63, 3.8) is 0 Å². The third-order valence-electron chi connectivity index (χ3n) is 4.31. The van der Waals surface area contributed by atoms with Crippen molar-refractivity contribution >= 4 is 32.6 Å². The Bertz CT molecular complexity index is 960. The topological polar surface area (TPSA) is 51.2 Å². The van der Waals surface area contributed by atoms with Gasteiger partial charge in [0.25, 0.3) is 5.91 Å². The third kappa shape index (κ3) is 4.05. The molecular formula is C21H24N2O2S. The number of carbonyl (C=O) groups excluding carboxylic acids is 1. The number of ether oxygens (including phenoxy) is 1. The van der Waals surface area contributed by atoms with Crippen molar-refractivity contribution in [2.24, 2.45) is 0 Å². The summed E-state index contributed by atoms with van der Waals surface area (Å²) in [6.07, 6.45) is 0. The normalized spacial score (nSPS) is 11.2. The molecule has 0 aliphatic heterocycles. The lowest BCUT2D eigenvalue weighted by Gasteiger charge is -2.12. The van der Waals surface area contributed by atoms with Crippen LogP contribution in [0.4, 0.5) is 5.13 Å². The van der Waals surface area contributed by atoms with Gasteiger partial charge in [0.1, 0.15) is 5.75 Å². The van der Waals surface area contributed by atoms with Gasteiger partial charge in [-0.1, -0.05) is 37.3 Å². The van der Waals surface area contributed by atoms with Crippen LogP contribution in [0.25, 0.3) is 10.2 Å². The second kappa shape index (κ2) is 7.46. The molecule has 0 saturated heterocycles. The summed E-state index contributed by atoms with van der Waals surface area (Å²) in [6.45, 7) is 10.5. The number of aromatic nitrogens is 1. The molecule has 3 rings (SSSR count). The molecule has 1 aromatic heterocycles. The fourth-order valence-corrected chi connectivity index (χ4v) is 4.17. The summed E-state index contributed by atoms with van der Waals surface area (Å²) >= 11 is 1.48. The van der Waals surface area contributed by atoms with E-state index in [0.717, 1.165) is 15.8 Å². The maximum atomic E-state index is 12.2. The minimum atomic E-state index is -0.205. The lowest BCUT2D eigenvalue weighted by molar-refractivity contribution is -0.118. The predicted molar refractivity (Wildman–Crippen MR) is 108 cm³/mol. The first-order chi connectivity index (χ1) is 12.3. The molecule has 0 atom stereocenters. The monoisotopic (exact) mass is 368 g/mol. The first-order valence-electron chi connectivity index (χ1n) is 8.74. The number of rotatable bonds is 5. The van der Waals surface area contributed by atoms with Crippen molar-refractivity contribution in [2.75, 3.05) is 11.9 Å². The Labute approximate surface area is 158 Å². The molecule has 1 amide bonds. The summed E-state index contributed by atoms with van der Waals surface area (Å²) < 4.78 is 6.72. The number of thiazole rings is 1. The van der Waals surface area contributed by atoms with E-state index in [1.807, 2.05) is 19.1 Å². The summed E-state index contributed by atoms with van der Waals surface area (Å²) in [5, 5.41) is 3.44. The summed E-state index contributed by atoms with van der Waals surface area (Å²) in [4.78, 5) is 16.7. The number of fused-ring (bicyclic) bond motifs is 1. The third-order valence-corrected chi connectivity index (χ3v) is 5.23. The van der Waals surface area contributed by atoms with Crippen LogP contribution in [0.15, 0.2) is 30.3 Å². The summed E-state index contributed by atoms with van der Waals surface area (Å²) in [7, 11) is 0. The van der Waals surface area contributed by atoms with Crippen molar-refractivity contribution < 1.29 is 9.53 Å². The van der Waals surface area contributed by atoms with Crippen molar-refractivity contribution in [1.82, 2.24) is 4.98 Å². The van der Waals surface area contributed by atoms with Gasteiger partial charge in [-0.05, 0) is 67.1 Å². The van der Waals surface area contributed by atoms with Gasteiger partial charge < -0.3 is 4.74 Å². The van der Waals surface area contributed by atoms with E-state index in [-0.39, 0.29) is 12.5 Å². The smallest absolute Gasteiger partial charge is 0.264 e. The second-order valence-corrected chi connectivity index (χ2v) is 7.99. The van der Waals surface area contributed by atoms with Crippen LogP contribution in [0.5, 0.6) is 5.75 Å². The Hall–Kier alpha value is -2.40. The summed E-state index contributed by atoms with van der Waals surface area (Å²) in [5.41, 5.74) is 5.72. The molecule has 4 nitrogen and oxygen atoms in total. The van der Waals surface area contributed by atoms with Crippen LogP contribution in [0, 0.1) is 20.8 Å². The lowest BCUT2D eigenvalue weighted by atomic mass is 9.98. The van der Waals surface area contributed by atoms with E-state index in [0.29, 0.717) is 16.8 Å². The molecule has 1 heterocycles. The fraction of sp³-hybridized carbons (Fsp3) is 0.333. The molecule has 136 valence electrons. The van der Waals surface area contributed by atoms with E-state index >= 15 is 0 Å². The number of hydrogen-bond acceptors (Lipinski definition) is 4. The number of anilines is 1. The van der Waals surface area contributed by atoms with E-state index in [1.54, 1.807) is 0 Å². The Morgan fingerprint density at radius 1 is 1.15 bits per heavy atom. The molecule has 0 radical (unpaired) electrons. The summed E-state index contributed by atoms with van der Waals surface area (Å²) in [5.74, 6) is 0.973. The molecule has 26 heavy (non-hydrogen) atoms. The second-order valence-electron chi connectivity index (χ2n) is 6.96. The van der Waals surface area contributed by atoms with Crippen LogP contribution in [-0.4, -0.2) is 17.5 Å². The predicted octanol–water partition coefficient (Wildman–Crippen LogP) is 5.36. The van der Waals surface area contributed by atoms with Crippen LogP contribution < -0.4 is 10.1 Å². The number of nitrogens with zero attached hydrogens (tertiary/aromatic N) is 1. The first-order valence-corrected chi connectivity index (χ1v) is 9.56. The van der Waals surface area contributed by atoms with Crippen LogP contribution in [-0.2, 0) is 4.79 Å². The Morgan fingerprint density at radius 2 is 1.92 bits per heavy atom. The molecule has 0 unspecified atom stereocenters. The highest BCUT2D eigenvalue weighted by Gasteiger charge is 2.11. The lowest BCUT2D eigenvalue weighted by Crippen LogP contribution is -2.20. The number of carbonyl (C=O) groups is 1. The zero-order valence-corrected chi connectivity index (χ0v) is 16.7. The van der Waals surface area contributed by atoms with Gasteiger partial charge in [-0.15, -0.1) is 0 Å². The summed E-state index contributed by atoms with van der Waals surface area (Å²) in [6, 6.07) is 10.1. The molecule has 2 aromatic carbocycles. The molecule has 1 N–H and O–H groups in total. The number of nitrogens with one attached hydrogen (secondary N) is 1. The van der Waals surface area contributed by atoms with Crippen molar-refractivity contribution in [2.45, 2.75) is 40.5 Å². The van der Waals surface area contributed by atoms with Crippen LogP contribution in [0.2, 0.25) is 0 Å². The maximum absolute atomic E-state index is 12.2. The van der Waals surface area contributed by atoms with Gasteiger partial charge in [0.2, 0.25) is 0 Å². The minimum Gasteiger partial charge on any atom is -0.484 e. The Morgan fingerprint density at radius 3 is 2.62 bits per heavy atom. The highest BCUT2D eigenvalue weighted by atomic mass is 32.1. The molecular weight excluding hydrogens is 344 g/mol. The van der Waals surface area contributed by atoms with Gasteiger partial charge in [0.15, 0.2) is 11.7 Å². The van der Waals surface area contributed by atoms with Gasteiger partial charge in [-0.2, -0.15) is 0 Å². The van der Waals surface area contributed by atoms with Crippen LogP contribution in [0.1, 0.15) is 42.0 Å². The van der Waals surface area contributed by atoms with E-state index in [2.05, 4.69) is 56.2 Å². The molecule has 0 saturated carbocycles. The maximum Gasteiger partial charge on any atom is 0.264 e. The van der Waals surface area contributed by atoms with E-state index in [9.17, 15) is 4.79 Å². The van der Waals surface area contributed by atoms with Crippen LogP contribution >= 0.6 is 11.3 Å². The SMILES string of the molecule is Cc1cc(C)c2nc(NC(=O)COc3ccc(C(C)C)c(C)c3)sc2c1. The molecule has 0 aliphatic rings. The van der Waals surface area contributed by atoms with E-state index < -0.39 is 0 Å². The van der Waals surface area contributed by atoms with E-state index in [1.165, 1.54) is 28.0 Å². The average Bonchev–Trinajstić information content (AvgIpc) is 2.95. The van der Waals surface area contributed by atoms with Gasteiger partial charge in [-0.3, -0.25) is 10.1 Å². The van der Waals surface area contributed by atoms with E-state index in [4.69, 9.17) is 4.74 Å². The minimum absolute atomic E-state index is 0.0333. The van der Waals surface area contributed by atoms with Crippen molar-refractivity contribution in [3.05, 3.63) is 52.6 Å².